The number of fused-ring (bicyclic) bond motifs is 6. The first-order valence-electron chi connectivity index (χ1n) is 7.32. The fraction of sp³-hybridized carbons (Fsp3) is 0.0526. The SMILES string of the molecule is C1=NSc2ccc3ccc4c(c3c2=C1)Cc1ccccc1N=4. The highest BCUT2D eigenvalue weighted by Gasteiger charge is 2.15. The lowest BCUT2D eigenvalue weighted by Gasteiger charge is -2.16. The molecular formula is C19H12N2S. The predicted octanol–water partition coefficient (Wildman–Crippen LogP) is 3.57. The Morgan fingerprint density at radius 3 is 2.86 bits per heavy atom. The molecule has 0 spiro atoms. The summed E-state index contributed by atoms with van der Waals surface area (Å²) in [5.74, 6) is 0. The maximum atomic E-state index is 4.85. The molecule has 2 aliphatic rings. The standard InChI is InChI=1S/C19H12N2S/c1-2-4-16-13(3-1)11-15-17(21-16)7-5-12-6-8-18-14(19(12)15)9-10-20-22-18/h1-10H,11H2. The van der Waals surface area contributed by atoms with E-state index in [1.807, 2.05) is 6.21 Å². The van der Waals surface area contributed by atoms with Crippen LogP contribution in [0.4, 0.5) is 5.69 Å². The van der Waals surface area contributed by atoms with Crippen LogP contribution in [-0.4, -0.2) is 6.21 Å². The number of hydrogen-bond donors (Lipinski definition) is 0. The molecule has 0 aliphatic carbocycles. The van der Waals surface area contributed by atoms with Gasteiger partial charge in [-0.15, -0.1) is 0 Å². The Morgan fingerprint density at radius 2 is 1.86 bits per heavy atom. The molecule has 3 aromatic rings. The van der Waals surface area contributed by atoms with E-state index in [0.29, 0.717) is 0 Å². The van der Waals surface area contributed by atoms with Gasteiger partial charge in [0.2, 0.25) is 0 Å². The topological polar surface area (TPSA) is 24.7 Å². The molecule has 104 valence electrons. The third kappa shape index (κ3) is 1.69. The van der Waals surface area contributed by atoms with Crippen molar-refractivity contribution in [2.24, 2.45) is 9.39 Å². The zero-order chi connectivity index (χ0) is 14.5. The lowest BCUT2D eigenvalue weighted by atomic mass is 9.93. The van der Waals surface area contributed by atoms with Crippen molar-refractivity contribution in [3.05, 3.63) is 70.2 Å². The molecule has 0 amide bonds. The molecule has 2 heterocycles. The molecule has 3 aromatic carbocycles. The number of nitrogens with zero attached hydrogens (tertiary/aromatic N) is 2. The molecule has 22 heavy (non-hydrogen) atoms. The monoisotopic (exact) mass is 300 g/mol. The number of benzene rings is 3. The Balaban J connectivity index is 1.95. The highest BCUT2D eigenvalue weighted by atomic mass is 32.2. The third-order valence-electron chi connectivity index (χ3n) is 4.32. The van der Waals surface area contributed by atoms with Crippen LogP contribution in [0, 0.1) is 0 Å². The van der Waals surface area contributed by atoms with E-state index in [0.717, 1.165) is 17.5 Å². The fourth-order valence-electron chi connectivity index (χ4n) is 3.30. The molecule has 5 rings (SSSR count). The van der Waals surface area contributed by atoms with Gasteiger partial charge in [0.15, 0.2) is 0 Å². The molecule has 0 unspecified atom stereocenters. The smallest absolute Gasteiger partial charge is 0.0679 e. The Morgan fingerprint density at radius 1 is 0.955 bits per heavy atom. The summed E-state index contributed by atoms with van der Waals surface area (Å²) in [6.07, 6.45) is 4.95. The lowest BCUT2D eigenvalue weighted by Crippen LogP contribution is -2.20. The molecule has 0 N–H and O–H groups in total. The molecule has 0 aromatic heterocycles. The molecule has 0 radical (unpaired) electrons. The summed E-state index contributed by atoms with van der Waals surface area (Å²) in [5, 5.41) is 4.98. The second kappa shape index (κ2) is 4.55. The molecule has 0 fully saturated rings. The first-order chi connectivity index (χ1) is 10.9. The second-order valence-corrected chi connectivity index (χ2v) is 6.40. The van der Waals surface area contributed by atoms with Gasteiger partial charge in [-0.3, -0.25) is 0 Å². The molecule has 0 saturated heterocycles. The molecule has 0 bridgehead atoms. The summed E-state index contributed by atoms with van der Waals surface area (Å²) in [6, 6.07) is 17.1. The van der Waals surface area contributed by atoms with E-state index in [4.69, 9.17) is 4.99 Å². The van der Waals surface area contributed by atoms with Crippen LogP contribution in [0.3, 0.4) is 0 Å². The Bertz CT molecular complexity index is 1080. The first-order valence-corrected chi connectivity index (χ1v) is 8.09. The van der Waals surface area contributed by atoms with Gasteiger partial charge in [0.05, 0.1) is 11.0 Å². The minimum Gasteiger partial charge on any atom is -0.248 e. The number of hydrogen-bond acceptors (Lipinski definition) is 3. The van der Waals surface area contributed by atoms with Gasteiger partial charge < -0.3 is 0 Å². The number of rotatable bonds is 0. The van der Waals surface area contributed by atoms with Crippen molar-refractivity contribution in [2.45, 2.75) is 11.3 Å². The number of para-hydroxylation sites is 1. The summed E-state index contributed by atoms with van der Waals surface area (Å²) >= 11 is 1.55. The van der Waals surface area contributed by atoms with Gasteiger partial charge >= 0.3 is 0 Å². The lowest BCUT2D eigenvalue weighted by molar-refractivity contribution is 1.09. The Hall–Kier alpha value is -2.39. The van der Waals surface area contributed by atoms with Crippen LogP contribution in [0.15, 0.2) is 62.8 Å². The van der Waals surface area contributed by atoms with Crippen LogP contribution in [-0.2, 0) is 6.42 Å². The largest absolute Gasteiger partial charge is 0.248 e. The summed E-state index contributed by atoms with van der Waals surface area (Å²) in [7, 11) is 0. The van der Waals surface area contributed by atoms with Crippen molar-refractivity contribution < 1.29 is 0 Å². The van der Waals surface area contributed by atoms with Crippen molar-refractivity contribution in [3.63, 3.8) is 0 Å². The fourth-order valence-corrected chi connectivity index (χ4v) is 3.93. The van der Waals surface area contributed by atoms with Gasteiger partial charge in [0.1, 0.15) is 0 Å². The minimum atomic E-state index is 0.943. The van der Waals surface area contributed by atoms with Crippen LogP contribution < -0.4 is 10.6 Å². The van der Waals surface area contributed by atoms with Crippen molar-refractivity contribution in [2.75, 3.05) is 0 Å². The average molecular weight is 300 g/mol. The van der Waals surface area contributed by atoms with Crippen LogP contribution >= 0.6 is 11.9 Å². The first kappa shape index (κ1) is 12.2. The molecule has 0 atom stereocenters. The minimum absolute atomic E-state index is 0.943. The van der Waals surface area contributed by atoms with Gasteiger partial charge in [-0.05, 0) is 51.4 Å². The van der Waals surface area contributed by atoms with E-state index in [9.17, 15) is 0 Å². The molecule has 3 heteroatoms. The van der Waals surface area contributed by atoms with E-state index in [-0.39, 0.29) is 0 Å². The zero-order valence-electron chi connectivity index (χ0n) is 11.8. The van der Waals surface area contributed by atoms with Crippen molar-refractivity contribution in [1.29, 1.82) is 0 Å². The van der Waals surface area contributed by atoms with E-state index in [1.54, 1.807) is 11.9 Å². The van der Waals surface area contributed by atoms with Crippen LogP contribution in [0.1, 0.15) is 11.1 Å². The van der Waals surface area contributed by atoms with E-state index < -0.39 is 0 Å². The van der Waals surface area contributed by atoms with E-state index in [1.165, 1.54) is 32.0 Å². The van der Waals surface area contributed by atoms with Crippen LogP contribution in [0.25, 0.3) is 16.8 Å². The van der Waals surface area contributed by atoms with Gasteiger partial charge in [-0.1, -0.05) is 30.3 Å². The highest BCUT2D eigenvalue weighted by molar-refractivity contribution is 7.98. The molecular weight excluding hydrogens is 288 g/mol. The van der Waals surface area contributed by atoms with Gasteiger partial charge in [0.25, 0.3) is 0 Å². The van der Waals surface area contributed by atoms with E-state index in [2.05, 4.69) is 59.0 Å². The Labute approximate surface area is 132 Å². The zero-order valence-corrected chi connectivity index (χ0v) is 12.6. The van der Waals surface area contributed by atoms with Gasteiger partial charge in [0, 0.05) is 29.5 Å². The highest BCUT2D eigenvalue weighted by Crippen LogP contribution is 2.28. The summed E-state index contributed by atoms with van der Waals surface area (Å²) in [4.78, 5) is 6.08. The summed E-state index contributed by atoms with van der Waals surface area (Å²) < 4.78 is 4.29. The normalized spacial score (nSPS) is 14.5. The maximum absolute atomic E-state index is 4.85. The van der Waals surface area contributed by atoms with E-state index >= 15 is 0 Å². The Kier molecular flexibility index (Phi) is 2.52. The summed E-state index contributed by atoms with van der Waals surface area (Å²) in [5.41, 5.74) is 3.73. The molecule has 2 aliphatic heterocycles. The second-order valence-electron chi connectivity index (χ2n) is 5.57. The van der Waals surface area contributed by atoms with Crippen molar-refractivity contribution in [3.8, 4) is 0 Å². The molecule has 2 nitrogen and oxygen atoms in total. The molecule has 0 saturated carbocycles. The maximum Gasteiger partial charge on any atom is 0.0679 e. The van der Waals surface area contributed by atoms with Crippen LogP contribution in [0.5, 0.6) is 0 Å². The summed E-state index contributed by atoms with van der Waals surface area (Å²) in [6.45, 7) is 0. The third-order valence-corrected chi connectivity index (χ3v) is 5.10. The predicted molar refractivity (Wildman–Crippen MR) is 92.5 cm³/mol. The van der Waals surface area contributed by atoms with Crippen LogP contribution in [0.2, 0.25) is 0 Å². The van der Waals surface area contributed by atoms with Gasteiger partial charge in [-0.2, -0.15) is 0 Å². The van der Waals surface area contributed by atoms with Crippen molar-refractivity contribution >= 4 is 40.7 Å². The van der Waals surface area contributed by atoms with Gasteiger partial charge in [-0.25, -0.2) is 9.39 Å². The quantitative estimate of drug-likeness (QED) is 0.456. The van der Waals surface area contributed by atoms with Crippen molar-refractivity contribution in [1.82, 2.24) is 0 Å². The average Bonchev–Trinajstić information content (AvgIpc) is 2.59.